The Kier molecular flexibility index (Phi) is 3.31. The summed E-state index contributed by atoms with van der Waals surface area (Å²) < 4.78 is 1.28. The molecule has 0 aliphatic rings. The second-order valence-corrected chi connectivity index (χ2v) is 6.01. The minimum absolute atomic E-state index is 0.103. The van der Waals surface area contributed by atoms with Gasteiger partial charge in [-0.25, -0.2) is 0 Å². The molecule has 2 N–H and O–H groups in total. The summed E-state index contributed by atoms with van der Waals surface area (Å²) in [4.78, 5) is 0. The van der Waals surface area contributed by atoms with Gasteiger partial charge in [-0.2, -0.15) is 0 Å². The Bertz CT molecular complexity index is 732. The smallest absolute Gasteiger partial charge is 0.0568 e. The minimum Gasteiger partial charge on any atom is -0.320 e. The van der Waals surface area contributed by atoms with Crippen molar-refractivity contribution in [2.24, 2.45) is 5.73 Å². The zero-order valence-electron chi connectivity index (χ0n) is 10.6. The Morgan fingerprint density at radius 2 is 1.89 bits per heavy atom. The third-order valence-corrected chi connectivity index (χ3v) is 4.63. The van der Waals surface area contributed by atoms with Gasteiger partial charge in [0.25, 0.3) is 0 Å². The van der Waals surface area contributed by atoms with Crippen LogP contribution in [0.25, 0.3) is 10.1 Å². The molecule has 1 atom stereocenters. The van der Waals surface area contributed by atoms with E-state index in [-0.39, 0.29) is 6.04 Å². The lowest BCUT2D eigenvalue weighted by Crippen LogP contribution is -2.12. The molecule has 1 aromatic heterocycles. The van der Waals surface area contributed by atoms with Crippen molar-refractivity contribution in [3.8, 4) is 0 Å². The third-order valence-electron chi connectivity index (χ3n) is 3.41. The van der Waals surface area contributed by atoms with Crippen molar-refractivity contribution < 1.29 is 0 Å². The molecule has 0 saturated heterocycles. The average Bonchev–Trinajstić information content (AvgIpc) is 2.82. The summed E-state index contributed by atoms with van der Waals surface area (Å²) in [5.41, 5.74) is 9.89. The van der Waals surface area contributed by atoms with Crippen LogP contribution in [0.15, 0.2) is 47.8 Å². The molecule has 0 amide bonds. The fourth-order valence-corrected chi connectivity index (χ4v) is 3.62. The molecule has 96 valence electrons. The van der Waals surface area contributed by atoms with Crippen LogP contribution in [0.4, 0.5) is 0 Å². The van der Waals surface area contributed by atoms with Crippen LogP contribution in [0.1, 0.15) is 22.7 Å². The van der Waals surface area contributed by atoms with Crippen LogP contribution in [0.5, 0.6) is 0 Å². The summed E-state index contributed by atoms with van der Waals surface area (Å²) in [7, 11) is 0. The van der Waals surface area contributed by atoms with E-state index in [1.807, 2.05) is 18.2 Å². The van der Waals surface area contributed by atoms with Crippen LogP contribution in [-0.2, 0) is 0 Å². The van der Waals surface area contributed by atoms with Crippen LogP contribution in [-0.4, -0.2) is 0 Å². The number of benzene rings is 2. The van der Waals surface area contributed by atoms with Crippen LogP contribution in [0.2, 0.25) is 5.02 Å². The fraction of sp³-hybridized carbons (Fsp3) is 0.125. The Morgan fingerprint density at radius 1 is 1.11 bits per heavy atom. The summed E-state index contributed by atoms with van der Waals surface area (Å²) in [6.07, 6.45) is 0. The van der Waals surface area contributed by atoms with Crippen LogP contribution >= 0.6 is 22.9 Å². The lowest BCUT2D eigenvalue weighted by atomic mass is 9.95. The lowest BCUT2D eigenvalue weighted by Gasteiger charge is -2.14. The van der Waals surface area contributed by atoms with E-state index in [1.165, 1.54) is 15.6 Å². The van der Waals surface area contributed by atoms with E-state index < -0.39 is 0 Å². The maximum atomic E-state index is 6.44. The number of nitrogens with two attached hydrogens (primary N) is 1. The highest BCUT2D eigenvalue weighted by atomic mass is 35.5. The number of aryl methyl sites for hydroxylation is 1. The van der Waals surface area contributed by atoms with E-state index in [1.54, 1.807) is 11.3 Å². The van der Waals surface area contributed by atoms with E-state index in [2.05, 4.69) is 36.6 Å². The van der Waals surface area contributed by atoms with Gasteiger partial charge in [0.15, 0.2) is 0 Å². The van der Waals surface area contributed by atoms with Gasteiger partial charge in [0.2, 0.25) is 0 Å². The number of rotatable bonds is 2. The van der Waals surface area contributed by atoms with Crippen molar-refractivity contribution in [3.05, 3.63) is 69.6 Å². The molecule has 1 heterocycles. The van der Waals surface area contributed by atoms with Crippen LogP contribution < -0.4 is 5.73 Å². The summed E-state index contributed by atoms with van der Waals surface area (Å²) in [5.74, 6) is 0. The fourth-order valence-electron chi connectivity index (χ4n) is 2.39. The van der Waals surface area contributed by atoms with Crippen molar-refractivity contribution in [1.82, 2.24) is 0 Å². The van der Waals surface area contributed by atoms with E-state index in [0.29, 0.717) is 0 Å². The molecule has 0 aliphatic heterocycles. The molecule has 3 rings (SSSR count). The maximum Gasteiger partial charge on any atom is 0.0568 e. The highest BCUT2D eigenvalue weighted by Crippen LogP contribution is 2.33. The molecular weight excluding hydrogens is 274 g/mol. The monoisotopic (exact) mass is 287 g/mol. The molecule has 0 radical (unpaired) electrons. The first kappa shape index (κ1) is 12.7. The van der Waals surface area contributed by atoms with Crippen molar-refractivity contribution in [3.63, 3.8) is 0 Å². The molecule has 2 aromatic carbocycles. The molecule has 3 aromatic rings. The summed E-state index contributed by atoms with van der Waals surface area (Å²) in [6, 6.07) is 14.2. The van der Waals surface area contributed by atoms with Gasteiger partial charge in [0, 0.05) is 9.72 Å². The number of halogens is 1. The number of hydrogen-bond donors (Lipinski definition) is 1. The second-order valence-electron chi connectivity index (χ2n) is 4.67. The number of thiophene rings is 1. The van der Waals surface area contributed by atoms with Gasteiger partial charge in [-0.1, -0.05) is 35.9 Å². The van der Waals surface area contributed by atoms with Gasteiger partial charge in [-0.05, 0) is 52.6 Å². The Labute approximate surface area is 121 Å². The van der Waals surface area contributed by atoms with E-state index in [9.17, 15) is 0 Å². The predicted octanol–water partition coefficient (Wildman–Crippen LogP) is 4.91. The normalized spacial score (nSPS) is 12.8. The highest BCUT2D eigenvalue weighted by molar-refractivity contribution is 7.17. The Hall–Kier alpha value is -1.35. The average molecular weight is 288 g/mol. The molecule has 0 bridgehead atoms. The Balaban J connectivity index is 2.10. The first-order chi connectivity index (χ1) is 9.16. The first-order valence-electron chi connectivity index (χ1n) is 6.14. The molecule has 0 aliphatic carbocycles. The van der Waals surface area contributed by atoms with Crippen molar-refractivity contribution in [1.29, 1.82) is 0 Å². The van der Waals surface area contributed by atoms with Gasteiger partial charge in [-0.3, -0.25) is 0 Å². The number of hydrogen-bond acceptors (Lipinski definition) is 2. The molecule has 1 nitrogen and oxygen atoms in total. The lowest BCUT2D eigenvalue weighted by molar-refractivity contribution is 0.874. The molecular formula is C16H14ClNS. The highest BCUT2D eigenvalue weighted by Gasteiger charge is 2.15. The first-order valence-corrected chi connectivity index (χ1v) is 7.40. The zero-order valence-corrected chi connectivity index (χ0v) is 12.1. The molecule has 0 spiro atoms. The minimum atomic E-state index is -0.103. The second kappa shape index (κ2) is 4.97. The van der Waals surface area contributed by atoms with Crippen LogP contribution in [0.3, 0.4) is 0 Å². The molecule has 3 heteroatoms. The van der Waals surface area contributed by atoms with Gasteiger partial charge in [0.05, 0.1) is 6.04 Å². The molecule has 0 saturated carbocycles. The third kappa shape index (κ3) is 2.27. The van der Waals surface area contributed by atoms with Gasteiger partial charge < -0.3 is 5.73 Å². The molecule has 19 heavy (non-hydrogen) atoms. The van der Waals surface area contributed by atoms with E-state index >= 15 is 0 Å². The quantitative estimate of drug-likeness (QED) is 0.712. The molecule has 0 fully saturated rings. The van der Waals surface area contributed by atoms with Crippen LogP contribution in [0, 0.1) is 6.92 Å². The topological polar surface area (TPSA) is 26.0 Å². The molecule has 1 unspecified atom stereocenters. The summed E-state index contributed by atoms with van der Waals surface area (Å²) >= 11 is 7.74. The van der Waals surface area contributed by atoms with Gasteiger partial charge in [-0.15, -0.1) is 11.3 Å². The Morgan fingerprint density at radius 3 is 2.68 bits per heavy atom. The summed E-state index contributed by atoms with van der Waals surface area (Å²) in [6.45, 7) is 2.05. The predicted molar refractivity (Wildman–Crippen MR) is 84.0 cm³/mol. The number of fused-ring (bicyclic) bond motifs is 1. The van der Waals surface area contributed by atoms with E-state index in [4.69, 9.17) is 17.3 Å². The van der Waals surface area contributed by atoms with Gasteiger partial charge >= 0.3 is 0 Å². The SMILES string of the molecule is Cc1cc(Cl)ccc1C(N)c1csc2ccccc12. The van der Waals surface area contributed by atoms with Crippen molar-refractivity contribution in [2.75, 3.05) is 0 Å². The van der Waals surface area contributed by atoms with Crippen molar-refractivity contribution in [2.45, 2.75) is 13.0 Å². The van der Waals surface area contributed by atoms with Crippen molar-refractivity contribution >= 4 is 33.0 Å². The standard InChI is InChI=1S/C16H14ClNS/c1-10-8-11(17)6-7-12(10)16(18)14-9-19-15-5-3-2-4-13(14)15/h2-9,16H,18H2,1H3. The van der Waals surface area contributed by atoms with E-state index in [0.717, 1.165) is 16.1 Å². The van der Waals surface area contributed by atoms with Gasteiger partial charge in [0.1, 0.15) is 0 Å². The zero-order chi connectivity index (χ0) is 13.4. The largest absolute Gasteiger partial charge is 0.320 e. The maximum absolute atomic E-state index is 6.44. The summed E-state index contributed by atoms with van der Waals surface area (Å²) in [5, 5.41) is 4.15.